The quantitative estimate of drug-likeness (QED) is 0.564. The van der Waals surface area contributed by atoms with Gasteiger partial charge in [0.25, 0.3) is 0 Å². The Bertz CT molecular complexity index is 1110. The minimum atomic E-state index is 0.0930. The van der Waals surface area contributed by atoms with Gasteiger partial charge in [0.2, 0.25) is 0 Å². The Morgan fingerprint density at radius 2 is 1.17 bits per heavy atom. The molecule has 6 heterocycles. The van der Waals surface area contributed by atoms with Crippen LogP contribution in [0, 0.1) is 0 Å². The summed E-state index contributed by atoms with van der Waals surface area (Å²) < 4.78 is 2.85. The standard InChI is InChI=1S/C27H26N2/c1-3-17-11-21-7-9-23-13-19-5-2-6-20-14-24-10-8-22-12-18(4-1)25(17)15-27(28(21)23,29(22)24)16-26(19)20/h1-7,9,22,24H,8,10-16H2. The average molecular weight is 379 g/mol. The summed E-state index contributed by atoms with van der Waals surface area (Å²) in [7, 11) is 0. The molecule has 0 saturated carbocycles. The van der Waals surface area contributed by atoms with Crippen LogP contribution in [0.5, 0.6) is 0 Å². The minimum Gasteiger partial charge on any atom is -0.329 e. The van der Waals surface area contributed by atoms with Crippen molar-refractivity contribution < 1.29 is 0 Å². The second kappa shape index (κ2) is 5.05. The minimum absolute atomic E-state index is 0.0930. The Kier molecular flexibility index (Phi) is 2.70. The van der Waals surface area contributed by atoms with Gasteiger partial charge in [0.05, 0.1) is 0 Å². The van der Waals surface area contributed by atoms with Crippen molar-refractivity contribution >= 4 is 0 Å². The van der Waals surface area contributed by atoms with E-state index in [1.54, 1.807) is 44.8 Å². The van der Waals surface area contributed by atoms with Gasteiger partial charge in [-0.3, -0.25) is 4.90 Å². The van der Waals surface area contributed by atoms with Crippen LogP contribution >= 0.6 is 0 Å². The molecular weight excluding hydrogens is 352 g/mol. The van der Waals surface area contributed by atoms with E-state index in [4.69, 9.17) is 0 Å². The maximum absolute atomic E-state index is 3.05. The monoisotopic (exact) mass is 378 g/mol. The summed E-state index contributed by atoms with van der Waals surface area (Å²) in [4.78, 5) is 3.05. The molecule has 29 heavy (non-hydrogen) atoms. The van der Waals surface area contributed by atoms with Crippen LogP contribution in [0.25, 0.3) is 0 Å². The average Bonchev–Trinajstić information content (AvgIpc) is 3.12. The van der Waals surface area contributed by atoms with Crippen LogP contribution in [0.4, 0.5) is 0 Å². The molecule has 5 aliphatic rings. The van der Waals surface area contributed by atoms with E-state index in [2.05, 4.69) is 58.0 Å². The molecule has 1 saturated heterocycles. The van der Waals surface area contributed by atoms with Gasteiger partial charge in [-0.25, -0.2) is 0 Å². The lowest BCUT2D eigenvalue weighted by molar-refractivity contribution is -0.0181. The summed E-state index contributed by atoms with van der Waals surface area (Å²) in [6.07, 6.45) is 9.78. The molecule has 3 aromatic rings. The van der Waals surface area contributed by atoms with Crippen LogP contribution < -0.4 is 0 Å². The van der Waals surface area contributed by atoms with Gasteiger partial charge < -0.3 is 4.57 Å². The summed E-state index contributed by atoms with van der Waals surface area (Å²) in [6.45, 7) is 0. The molecule has 0 N–H and O–H groups in total. The number of nitrogens with zero attached hydrogens (tertiary/aromatic N) is 2. The maximum Gasteiger partial charge on any atom is 0.106 e. The van der Waals surface area contributed by atoms with Crippen molar-refractivity contribution in [3.63, 3.8) is 0 Å². The summed E-state index contributed by atoms with van der Waals surface area (Å²) in [5.74, 6) is 0. The Balaban J connectivity index is 1.54. The molecule has 0 amide bonds. The van der Waals surface area contributed by atoms with Gasteiger partial charge >= 0.3 is 0 Å². The summed E-state index contributed by atoms with van der Waals surface area (Å²) in [5, 5.41) is 0. The van der Waals surface area contributed by atoms with Crippen LogP contribution in [-0.4, -0.2) is 21.6 Å². The predicted octanol–water partition coefficient (Wildman–Crippen LogP) is 4.38. The molecule has 2 aromatic carbocycles. The van der Waals surface area contributed by atoms with Crippen molar-refractivity contribution in [2.75, 3.05) is 0 Å². The number of hydrogen-bond donors (Lipinski definition) is 0. The molecule has 2 atom stereocenters. The fourth-order valence-electron chi connectivity index (χ4n) is 7.90. The molecule has 144 valence electrons. The number of rotatable bonds is 0. The Morgan fingerprint density at radius 3 is 1.72 bits per heavy atom. The van der Waals surface area contributed by atoms with E-state index >= 15 is 0 Å². The van der Waals surface area contributed by atoms with Crippen molar-refractivity contribution in [3.8, 4) is 0 Å². The van der Waals surface area contributed by atoms with Crippen LogP contribution in [0.1, 0.15) is 57.6 Å². The van der Waals surface area contributed by atoms with Gasteiger partial charge in [-0.05, 0) is 71.2 Å². The number of aromatic nitrogens is 1. The van der Waals surface area contributed by atoms with E-state index in [0.717, 1.165) is 12.8 Å². The van der Waals surface area contributed by atoms with Crippen molar-refractivity contribution in [1.82, 2.24) is 9.47 Å². The second-order valence-corrected chi connectivity index (χ2v) is 10.2. The van der Waals surface area contributed by atoms with Crippen LogP contribution in [0.15, 0.2) is 48.5 Å². The fourth-order valence-corrected chi connectivity index (χ4v) is 7.90. The van der Waals surface area contributed by atoms with Crippen molar-refractivity contribution in [3.05, 3.63) is 93.3 Å². The first-order chi connectivity index (χ1) is 14.3. The number of benzene rings is 2. The Morgan fingerprint density at radius 1 is 0.655 bits per heavy atom. The van der Waals surface area contributed by atoms with Crippen molar-refractivity contribution in [2.24, 2.45) is 0 Å². The normalized spacial score (nSPS) is 30.3. The summed E-state index contributed by atoms with van der Waals surface area (Å²) in [5.41, 5.74) is 13.0. The highest BCUT2D eigenvalue weighted by Gasteiger charge is 2.55. The molecule has 0 radical (unpaired) electrons. The van der Waals surface area contributed by atoms with E-state index in [9.17, 15) is 0 Å². The lowest BCUT2D eigenvalue weighted by Gasteiger charge is -2.47. The summed E-state index contributed by atoms with van der Waals surface area (Å²) in [6, 6.07) is 20.6. The highest BCUT2D eigenvalue weighted by molar-refractivity contribution is 5.49. The lowest BCUT2D eigenvalue weighted by atomic mass is 9.87. The molecule has 1 aromatic heterocycles. The van der Waals surface area contributed by atoms with E-state index in [1.165, 1.54) is 38.5 Å². The van der Waals surface area contributed by atoms with Crippen LogP contribution in [0.2, 0.25) is 0 Å². The van der Waals surface area contributed by atoms with Crippen LogP contribution in [-0.2, 0) is 44.2 Å². The SMILES string of the molecule is c1cc2c3c(c1)CC1CCC4Cc5cccc6c5CC(C3)(N14)n1c(ccc1C6)C2. The predicted molar refractivity (Wildman–Crippen MR) is 114 cm³/mol. The van der Waals surface area contributed by atoms with Gasteiger partial charge in [0.1, 0.15) is 5.66 Å². The van der Waals surface area contributed by atoms with E-state index in [0.29, 0.717) is 12.1 Å². The van der Waals surface area contributed by atoms with Gasteiger partial charge in [-0.2, -0.15) is 0 Å². The maximum atomic E-state index is 3.05. The molecular formula is C27H26N2. The molecule has 1 fully saturated rings. The van der Waals surface area contributed by atoms with Crippen LogP contribution in [0.3, 0.4) is 0 Å². The molecule has 3 bridgehead atoms. The zero-order valence-electron chi connectivity index (χ0n) is 16.8. The Hall–Kier alpha value is -2.32. The zero-order valence-corrected chi connectivity index (χ0v) is 16.8. The molecule has 0 aliphatic carbocycles. The smallest absolute Gasteiger partial charge is 0.106 e. The van der Waals surface area contributed by atoms with Gasteiger partial charge in [0, 0.05) is 49.2 Å². The zero-order chi connectivity index (χ0) is 18.7. The van der Waals surface area contributed by atoms with E-state index < -0.39 is 0 Å². The van der Waals surface area contributed by atoms with Gasteiger partial charge in [-0.15, -0.1) is 0 Å². The third-order valence-electron chi connectivity index (χ3n) is 8.87. The van der Waals surface area contributed by atoms with Gasteiger partial charge in [-0.1, -0.05) is 36.4 Å². The summed E-state index contributed by atoms with van der Waals surface area (Å²) >= 11 is 0. The van der Waals surface area contributed by atoms with E-state index in [1.807, 2.05) is 0 Å². The van der Waals surface area contributed by atoms with Crippen molar-refractivity contribution in [2.45, 2.75) is 69.1 Å². The molecule has 2 heteroatoms. The number of hydrogen-bond acceptors (Lipinski definition) is 1. The third-order valence-corrected chi connectivity index (χ3v) is 8.87. The molecule has 2 unspecified atom stereocenters. The molecule has 1 spiro atoms. The highest BCUT2D eigenvalue weighted by Crippen LogP contribution is 2.51. The Labute approximate surface area is 172 Å². The largest absolute Gasteiger partial charge is 0.329 e. The lowest BCUT2D eigenvalue weighted by Crippen LogP contribution is -2.57. The highest BCUT2D eigenvalue weighted by atomic mass is 15.4. The molecule has 2 nitrogen and oxygen atoms in total. The fraction of sp³-hybridized carbons (Fsp3) is 0.407. The topological polar surface area (TPSA) is 8.17 Å². The first-order valence-electron chi connectivity index (χ1n) is 11.5. The van der Waals surface area contributed by atoms with Crippen molar-refractivity contribution in [1.29, 1.82) is 0 Å². The molecule has 5 aliphatic heterocycles. The second-order valence-electron chi connectivity index (χ2n) is 10.2. The first-order valence-corrected chi connectivity index (χ1v) is 11.5. The van der Waals surface area contributed by atoms with E-state index in [-0.39, 0.29) is 5.66 Å². The first kappa shape index (κ1) is 15.5. The van der Waals surface area contributed by atoms with Gasteiger partial charge in [0.15, 0.2) is 0 Å². The molecule has 8 rings (SSSR count). The third kappa shape index (κ3) is 1.79.